The van der Waals surface area contributed by atoms with Gasteiger partial charge in [-0.3, -0.25) is 29.3 Å². The molecular formula is C23H26F2N6O3. The molecular weight excluding hydrogens is 446 g/mol. The molecule has 1 atom stereocenters. The third-order valence-corrected chi connectivity index (χ3v) is 7.05. The van der Waals surface area contributed by atoms with Crippen LogP contribution < -0.4 is 11.1 Å². The summed E-state index contributed by atoms with van der Waals surface area (Å²) < 4.78 is 28.1. The number of benzene rings is 1. The molecule has 1 aromatic carbocycles. The van der Waals surface area contributed by atoms with Crippen LogP contribution in [0.25, 0.3) is 0 Å². The summed E-state index contributed by atoms with van der Waals surface area (Å²) in [4.78, 5) is 40.6. The van der Waals surface area contributed by atoms with Crippen molar-refractivity contribution < 1.29 is 23.2 Å². The molecule has 0 bridgehead atoms. The molecule has 3 amide bonds. The summed E-state index contributed by atoms with van der Waals surface area (Å²) in [7, 11) is 0. The highest BCUT2D eigenvalue weighted by Gasteiger charge is 2.40. The lowest BCUT2D eigenvalue weighted by atomic mass is 10.0. The van der Waals surface area contributed by atoms with Gasteiger partial charge in [0.2, 0.25) is 11.8 Å². The molecule has 2 aromatic rings. The molecule has 0 aliphatic carbocycles. The number of likely N-dealkylation sites (tertiary alicyclic amines) is 1. The van der Waals surface area contributed by atoms with Crippen molar-refractivity contribution in [1.82, 2.24) is 24.9 Å². The molecule has 0 radical (unpaired) electrons. The minimum atomic E-state index is -2.67. The third-order valence-electron chi connectivity index (χ3n) is 7.05. The standard InChI is InChI=1S/C23H26F2N6O3/c24-21(25)20-17(26)10-27-31(20)14-6-8-29(9-7-14)11-13-2-1-3-15-16(13)12-30(23(15)34)18-4-5-19(32)28-22(18)33/h1-3,10,14,18,21H,4-9,11-12,26H2,(H,28,32,33). The Labute approximate surface area is 194 Å². The molecule has 4 heterocycles. The average molecular weight is 472 g/mol. The van der Waals surface area contributed by atoms with Gasteiger partial charge in [-0.25, -0.2) is 8.78 Å². The van der Waals surface area contributed by atoms with Gasteiger partial charge in [-0.05, 0) is 36.5 Å². The number of rotatable bonds is 5. The monoisotopic (exact) mass is 472 g/mol. The van der Waals surface area contributed by atoms with Crippen LogP contribution >= 0.6 is 0 Å². The molecule has 3 aliphatic rings. The number of alkyl halides is 2. The Bertz CT molecular complexity index is 1140. The number of hydrogen-bond donors (Lipinski definition) is 2. The van der Waals surface area contributed by atoms with Crippen molar-refractivity contribution in [3.8, 4) is 0 Å². The van der Waals surface area contributed by atoms with Gasteiger partial charge < -0.3 is 10.6 Å². The Hall–Kier alpha value is -3.34. The van der Waals surface area contributed by atoms with E-state index in [1.807, 2.05) is 12.1 Å². The smallest absolute Gasteiger partial charge is 0.282 e. The SMILES string of the molecule is Nc1cnn(C2CCN(Cc3cccc4c3CN(C3CCC(=O)NC3=O)C4=O)CC2)c1C(F)F. The van der Waals surface area contributed by atoms with Gasteiger partial charge in [0.05, 0.1) is 17.9 Å². The molecule has 2 fully saturated rings. The Balaban J connectivity index is 1.26. The van der Waals surface area contributed by atoms with E-state index in [1.54, 1.807) is 11.0 Å². The van der Waals surface area contributed by atoms with Gasteiger partial charge in [-0.15, -0.1) is 0 Å². The molecule has 1 unspecified atom stereocenters. The quantitative estimate of drug-likeness (QED) is 0.644. The maximum atomic E-state index is 13.4. The predicted octanol–water partition coefficient (Wildman–Crippen LogP) is 2.00. The first-order valence-electron chi connectivity index (χ1n) is 11.4. The number of nitrogens with zero attached hydrogens (tertiary/aromatic N) is 4. The van der Waals surface area contributed by atoms with Crippen molar-refractivity contribution >= 4 is 23.4 Å². The Morgan fingerprint density at radius 2 is 1.91 bits per heavy atom. The van der Waals surface area contributed by atoms with E-state index >= 15 is 0 Å². The molecule has 3 aliphatic heterocycles. The number of nitrogen functional groups attached to an aromatic ring is 1. The number of aromatic nitrogens is 2. The van der Waals surface area contributed by atoms with Gasteiger partial charge in [0.15, 0.2) is 0 Å². The number of nitrogens with one attached hydrogen (secondary N) is 1. The number of carbonyl (C=O) groups is 3. The van der Waals surface area contributed by atoms with Crippen LogP contribution in [-0.2, 0) is 22.7 Å². The molecule has 0 spiro atoms. The first-order valence-corrected chi connectivity index (χ1v) is 11.4. The second-order valence-corrected chi connectivity index (χ2v) is 9.08. The first kappa shape index (κ1) is 22.5. The minimum absolute atomic E-state index is 0.0162. The Kier molecular flexibility index (Phi) is 5.80. The van der Waals surface area contributed by atoms with E-state index < -0.39 is 18.4 Å². The number of halogens is 2. The number of fused-ring (bicyclic) bond motifs is 1. The Morgan fingerprint density at radius 3 is 2.62 bits per heavy atom. The summed E-state index contributed by atoms with van der Waals surface area (Å²) in [5.41, 5.74) is 7.98. The van der Waals surface area contributed by atoms with E-state index in [0.717, 1.165) is 11.1 Å². The minimum Gasteiger partial charge on any atom is -0.396 e. The van der Waals surface area contributed by atoms with E-state index in [4.69, 9.17) is 5.73 Å². The van der Waals surface area contributed by atoms with Crippen molar-refractivity contribution in [3.63, 3.8) is 0 Å². The number of imide groups is 1. The predicted molar refractivity (Wildman–Crippen MR) is 118 cm³/mol. The fourth-order valence-corrected chi connectivity index (χ4v) is 5.26. The highest BCUT2D eigenvalue weighted by molar-refractivity contribution is 6.05. The summed E-state index contributed by atoms with van der Waals surface area (Å²) in [6.45, 7) is 2.34. The van der Waals surface area contributed by atoms with Gasteiger partial charge in [0, 0.05) is 38.2 Å². The van der Waals surface area contributed by atoms with Crippen LogP contribution in [0.15, 0.2) is 24.4 Å². The zero-order chi connectivity index (χ0) is 24.0. The number of nitrogens with two attached hydrogens (primary N) is 1. The lowest BCUT2D eigenvalue weighted by Crippen LogP contribution is -2.52. The van der Waals surface area contributed by atoms with Crippen LogP contribution in [-0.4, -0.2) is 56.4 Å². The number of hydrogen-bond acceptors (Lipinski definition) is 6. The summed E-state index contributed by atoms with van der Waals surface area (Å²) in [6, 6.07) is 4.81. The molecule has 180 valence electrons. The topological polar surface area (TPSA) is 114 Å². The van der Waals surface area contributed by atoms with Crippen molar-refractivity contribution in [3.05, 3.63) is 46.8 Å². The Morgan fingerprint density at radius 1 is 1.15 bits per heavy atom. The highest BCUT2D eigenvalue weighted by Crippen LogP contribution is 2.33. The van der Waals surface area contributed by atoms with E-state index in [9.17, 15) is 23.2 Å². The molecule has 11 heteroatoms. The molecule has 9 nitrogen and oxygen atoms in total. The van der Waals surface area contributed by atoms with Crippen molar-refractivity contribution in [2.24, 2.45) is 0 Å². The largest absolute Gasteiger partial charge is 0.396 e. The van der Waals surface area contributed by atoms with Crippen LogP contribution in [0.2, 0.25) is 0 Å². The zero-order valence-electron chi connectivity index (χ0n) is 18.5. The van der Waals surface area contributed by atoms with Crippen LogP contribution in [0.1, 0.15) is 65.3 Å². The maximum absolute atomic E-state index is 13.4. The molecule has 1 aromatic heterocycles. The normalized spacial score (nSPS) is 21.9. The molecule has 3 N–H and O–H groups in total. The highest BCUT2D eigenvalue weighted by atomic mass is 19.3. The third kappa shape index (κ3) is 3.93. The number of piperidine rings is 2. The average Bonchev–Trinajstić information content (AvgIpc) is 3.35. The summed E-state index contributed by atoms with van der Waals surface area (Å²) in [6.07, 6.45) is 0.484. The molecule has 5 rings (SSSR count). The summed E-state index contributed by atoms with van der Waals surface area (Å²) >= 11 is 0. The lowest BCUT2D eigenvalue weighted by molar-refractivity contribution is -0.136. The van der Waals surface area contributed by atoms with Gasteiger partial charge in [-0.2, -0.15) is 5.10 Å². The van der Waals surface area contributed by atoms with Gasteiger partial charge >= 0.3 is 0 Å². The van der Waals surface area contributed by atoms with Crippen molar-refractivity contribution in [1.29, 1.82) is 0 Å². The lowest BCUT2D eigenvalue weighted by Gasteiger charge is -2.33. The van der Waals surface area contributed by atoms with Gasteiger partial charge in [0.1, 0.15) is 11.7 Å². The fourth-order valence-electron chi connectivity index (χ4n) is 5.26. The van der Waals surface area contributed by atoms with Crippen molar-refractivity contribution in [2.45, 2.75) is 57.3 Å². The summed E-state index contributed by atoms with van der Waals surface area (Å²) in [5.74, 6) is -0.933. The van der Waals surface area contributed by atoms with Crippen molar-refractivity contribution in [2.75, 3.05) is 18.8 Å². The number of carbonyl (C=O) groups excluding carboxylic acids is 3. The van der Waals surface area contributed by atoms with Crippen LogP contribution in [0.3, 0.4) is 0 Å². The molecule has 34 heavy (non-hydrogen) atoms. The van der Waals surface area contributed by atoms with E-state index in [0.29, 0.717) is 51.0 Å². The van der Waals surface area contributed by atoms with Crippen LogP contribution in [0.5, 0.6) is 0 Å². The second-order valence-electron chi connectivity index (χ2n) is 9.08. The summed E-state index contributed by atoms with van der Waals surface area (Å²) in [5, 5.41) is 6.41. The molecule has 2 saturated heterocycles. The first-order chi connectivity index (χ1) is 16.3. The number of anilines is 1. The van der Waals surface area contributed by atoms with E-state index in [-0.39, 0.29) is 35.7 Å². The van der Waals surface area contributed by atoms with Crippen LogP contribution in [0, 0.1) is 0 Å². The zero-order valence-corrected chi connectivity index (χ0v) is 18.5. The van der Waals surface area contributed by atoms with Gasteiger partial charge in [0.25, 0.3) is 12.3 Å². The molecule has 0 saturated carbocycles. The van der Waals surface area contributed by atoms with Gasteiger partial charge in [-0.1, -0.05) is 12.1 Å². The second kappa shape index (κ2) is 8.79. The van der Waals surface area contributed by atoms with E-state index in [1.165, 1.54) is 10.9 Å². The van der Waals surface area contributed by atoms with Crippen LogP contribution in [0.4, 0.5) is 14.5 Å². The fraction of sp³-hybridized carbons (Fsp3) is 0.478. The van der Waals surface area contributed by atoms with E-state index in [2.05, 4.69) is 15.3 Å². The number of amides is 3. The maximum Gasteiger partial charge on any atom is 0.282 e.